The molecule has 3 N–H and O–H groups in total. The van der Waals surface area contributed by atoms with Crippen molar-refractivity contribution in [3.63, 3.8) is 0 Å². The minimum absolute atomic E-state index is 0.0134. The minimum Gasteiger partial charge on any atom is -0.469 e. The van der Waals surface area contributed by atoms with Crippen molar-refractivity contribution >= 4 is 45.7 Å². The van der Waals surface area contributed by atoms with Crippen LogP contribution >= 0.6 is 0 Å². The van der Waals surface area contributed by atoms with Gasteiger partial charge in [0.25, 0.3) is 5.91 Å². The van der Waals surface area contributed by atoms with E-state index in [1.54, 1.807) is 18.2 Å². The summed E-state index contributed by atoms with van der Waals surface area (Å²) in [6.07, 6.45) is 5.95. The largest absolute Gasteiger partial charge is 0.469 e. The molecule has 0 bridgehead atoms. The number of fused-ring (bicyclic) bond motifs is 3. The van der Waals surface area contributed by atoms with Crippen LogP contribution in [0.3, 0.4) is 0 Å². The van der Waals surface area contributed by atoms with Gasteiger partial charge in [-0.1, -0.05) is 37.1 Å². The molecule has 288 valence electrons. The monoisotopic (exact) mass is 759 g/mol. The van der Waals surface area contributed by atoms with Gasteiger partial charge >= 0.3 is 12.1 Å². The van der Waals surface area contributed by atoms with Crippen LogP contribution in [0.15, 0.2) is 30.4 Å². The highest BCUT2D eigenvalue weighted by Gasteiger charge is 2.62. The number of ether oxygens (including phenoxy) is 2. The van der Waals surface area contributed by atoms with E-state index in [0.717, 1.165) is 6.42 Å². The summed E-state index contributed by atoms with van der Waals surface area (Å²) in [4.78, 5) is 82.6. The van der Waals surface area contributed by atoms with Crippen LogP contribution in [-0.4, -0.2) is 96.5 Å². The molecule has 15 nitrogen and oxygen atoms in total. The predicted octanol–water partition coefficient (Wildman–Crippen LogP) is 2.08. The molecule has 0 spiro atoms. The highest BCUT2D eigenvalue weighted by molar-refractivity contribution is 7.91. The minimum atomic E-state index is -3.93. The van der Waals surface area contributed by atoms with Crippen LogP contribution in [0.4, 0.5) is 9.18 Å². The van der Waals surface area contributed by atoms with Crippen molar-refractivity contribution in [2.75, 3.05) is 13.7 Å². The van der Waals surface area contributed by atoms with Crippen molar-refractivity contribution in [2.45, 2.75) is 119 Å². The third-order valence-corrected chi connectivity index (χ3v) is 12.5. The molecule has 6 rings (SSSR count). The number of esters is 1. The summed E-state index contributed by atoms with van der Waals surface area (Å²) in [6.45, 7) is -0.1000. The highest BCUT2D eigenvalue weighted by atomic mass is 32.2. The number of methoxy groups -OCH3 is 1. The Bertz CT molecular complexity index is 1780. The van der Waals surface area contributed by atoms with Crippen LogP contribution in [0.2, 0.25) is 0 Å². The molecule has 1 aromatic rings. The van der Waals surface area contributed by atoms with Gasteiger partial charge in [-0.3, -0.25) is 33.6 Å². The van der Waals surface area contributed by atoms with E-state index >= 15 is 0 Å². The Labute approximate surface area is 307 Å². The number of sulfonamides is 1. The van der Waals surface area contributed by atoms with E-state index in [4.69, 9.17) is 4.74 Å². The Kier molecular flexibility index (Phi) is 11.4. The summed E-state index contributed by atoms with van der Waals surface area (Å²) in [7, 11) is -2.68. The van der Waals surface area contributed by atoms with Crippen LogP contribution in [-0.2, 0) is 56.6 Å². The maximum atomic E-state index is 14.4. The molecule has 3 unspecified atom stereocenters. The zero-order valence-corrected chi connectivity index (χ0v) is 30.5. The van der Waals surface area contributed by atoms with E-state index in [9.17, 15) is 41.6 Å². The number of nitrogens with one attached hydrogen (secondary N) is 3. The molecular weight excluding hydrogens is 713 g/mol. The van der Waals surface area contributed by atoms with Crippen LogP contribution in [0.25, 0.3) is 0 Å². The second-order valence-corrected chi connectivity index (χ2v) is 16.5. The number of carbonyl (C=O) groups is 6. The Morgan fingerprint density at radius 3 is 2.58 bits per heavy atom. The summed E-state index contributed by atoms with van der Waals surface area (Å²) in [5, 5.41) is 4.88. The number of carbonyl (C=O) groups excluding carboxylic acids is 6. The van der Waals surface area contributed by atoms with Crippen LogP contribution in [0.1, 0.15) is 88.2 Å². The smallest absolute Gasteiger partial charge is 0.410 e. The van der Waals surface area contributed by atoms with Crippen molar-refractivity contribution in [1.82, 2.24) is 25.2 Å². The maximum Gasteiger partial charge on any atom is 0.410 e. The van der Waals surface area contributed by atoms with Gasteiger partial charge < -0.3 is 25.0 Å². The molecule has 2 aliphatic carbocycles. The third kappa shape index (κ3) is 8.82. The molecule has 5 atom stereocenters. The van der Waals surface area contributed by atoms with E-state index in [0.29, 0.717) is 43.2 Å². The quantitative estimate of drug-likeness (QED) is 0.248. The average Bonchev–Trinajstić information content (AvgIpc) is 4.00. The summed E-state index contributed by atoms with van der Waals surface area (Å²) in [6, 6.07) is 2.29. The number of hydrogen-bond acceptors (Lipinski definition) is 10. The Hall–Kier alpha value is -4.54. The normalized spacial score (nSPS) is 27.9. The van der Waals surface area contributed by atoms with Crippen LogP contribution < -0.4 is 15.4 Å². The van der Waals surface area contributed by atoms with E-state index < -0.39 is 86.4 Å². The summed E-state index contributed by atoms with van der Waals surface area (Å²) >= 11 is 0. The van der Waals surface area contributed by atoms with Crippen LogP contribution in [0.5, 0.6) is 0 Å². The molecule has 3 aliphatic heterocycles. The summed E-state index contributed by atoms with van der Waals surface area (Å²) < 4.78 is 52.5. The molecule has 3 heterocycles. The molecule has 5 aliphatic rings. The lowest BCUT2D eigenvalue weighted by atomic mass is 10.0. The SMILES string of the molecule is COC(=O)CCCC(=O)N[C@H]1CCCCC/C=C\C2CC2(C(=O)NS(=O)(=O)C2CC2)NC(=O)C2C[C@@H](OC(=O)N3Cc4cccc(F)c4C3)CN2C1=O. The second kappa shape index (κ2) is 15.8. The van der Waals surface area contributed by atoms with Gasteiger partial charge in [0.2, 0.25) is 27.7 Å². The Balaban J connectivity index is 1.23. The second-order valence-electron chi connectivity index (χ2n) is 14.5. The standard InChI is InChI=1S/C36H46FN5O10S/c1-51-31(44)14-8-13-30(43)38-28-12-6-4-2-3-5-10-23-18-36(23,34(47)40-53(49,50)25-15-16-25)39-32(45)29-17-24(20-42(29)33(28)46)52-35(48)41-19-22-9-7-11-27(37)26(22)21-41/h5,7,9-11,23-25,28-29H,2-4,6,8,12-21H2,1H3,(H,38,43)(H,39,45)(H,40,47)/b10-5-/t23?,24-,28+,29?,36?/m1/s1. The van der Waals surface area contributed by atoms with Crippen molar-refractivity contribution in [3.8, 4) is 0 Å². The number of rotatable bonds is 9. The van der Waals surface area contributed by atoms with E-state index in [1.807, 2.05) is 6.08 Å². The van der Waals surface area contributed by atoms with Gasteiger partial charge in [-0.25, -0.2) is 17.6 Å². The van der Waals surface area contributed by atoms with Gasteiger partial charge in [0.15, 0.2) is 0 Å². The van der Waals surface area contributed by atoms with Crippen molar-refractivity contribution < 1.29 is 51.0 Å². The highest BCUT2D eigenvalue weighted by Crippen LogP contribution is 2.46. The lowest BCUT2D eigenvalue weighted by Gasteiger charge is -2.30. The number of amides is 5. The first-order valence-electron chi connectivity index (χ1n) is 18.2. The topological polar surface area (TPSA) is 198 Å². The average molecular weight is 760 g/mol. The number of nitrogens with zero attached hydrogens (tertiary/aromatic N) is 2. The molecular formula is C36H46FN5O10S. The first-order valence-corrected chi connectivity index (χ1v) is 19.8. The van der Waals surface area contributed by atoms with Gasteiger partial charge in [-0.15, -0.1) is 0 Å². The van der Waals surface area contributed by atoms with Gasteiger partial charge in [0.05, 0.1) is 25.4 Å². The van der Waals surface area contributed by atoms with Gasteiger partial charge in [-0.05, 0) is 56.6 Å². The molecule has 5 amide bonds. The van der Waals surface area contributed by atoms with Gasteiger partial charge in [0, 0.05) is 37.3 Å². The molecule has 2 saturated carbocycles. The Morgan fingerprint density at radius 2 is 1.85 bits per heavy atom. The van der Waals surface area contributed by atoms with Crippen LogP contribution in [0, 0.1) is 11.7 Å². The molecule has 17 heteroatoms. The van der Waals surface area contributed by atoms with Gasteiger partial charge in [-0.2, -0.15) is 0 Å². The molecule has 3 fully saturated rings. The van der Waals surface area contributed by atoms with E-state index in [2.05, 4.69) is 20.1 Å². The Morgan fingerprint density at radius 1 is 1.06 bits per heavy atom. The third-order valence-electron chi connectivity index (χ3n) is 10.6. The van der Waals surface area contributed by atoms with Crippen molar-refractivity contribution in [3.05, 3.63) is 47.3 Å². The molecule has 53 heavy (non-hydrogen) atoms. The fourth-order valence-electron chi connectivity index (χ4n) is 7.34. The van der Waals surface area contributed by atoms with Gasteiger partial charge in [0.1, 0.15) is 29.5 Å². The van der Waals surface area contributed by atoms with E-state index in [-0.39, 0.29) is 58.2 Å². The van der Waals surface area contributed by atoms with Crippen molar-refractivity contribution in [2.24, 2.45) is 5.92 Å². The molecule has 0 aromatic heterocycles. The lowest BCUT2D eigenvalue weighted by molar-refractivity contribution is -0.143. The zero-order chi connectivity index (χ0) is 37.9. The van der Waals surface area contributed by atoms with E-state index in [1.165, 1.54) is 23.0 Å². The number of benzene rings is 1. The maximum absolute atomic E-state index is 14.4. The predicted molar refractivity (Wildman–Crippen MR) is 185 cm³/mol. The fraction of sp³-hybridized carbons (Fsp3) is 0.611. The lowest BCUT2D eigenvalue weighted by Crippen LogP contribution is -2.58. The first kappa shape index (κ1) is 38.2. The van der Waals surface area contributed by atoms with Crippen molar-refractivity contribution in [1.29, 1.82) is 0 Å². The first-order chi connectivity index (χ1) is 25.3. The molecule has 1 saturated heterocycles. The molecule has 0 radical (unpaired) electrons. The fourth-order valence-corrected chi connectivity index (χ4v) is 8.70. The number of halogens is 1. The number of hydrogen-bond donors (Lipinski definition) is 3. The number of allylic oxidation sites excluding steroid dienone is 1. The molecule has 1 aromatic carbocycles. The summed E-state index contributed by atoms with van der Waals surface area (Å²) in [5.74, 6) is -4.04. The zero-order valence-electron chi connectivity index (χ0n) is 29.6. The summed E-state index contributed by atoms with van der Waals surface area (Å²) in [5.41, 5.74) is -0.553.